The minimum absolute atomic E-state index is 0.0257. The summed E-state index contributed by atoms with van der Waals surface area (Å²) in [5, 5.41) is 7.74. The van der Waals surface area contributed by atoms with Crippen molar-refractivity contribution in [2.24, 2.45) is 5.92 Å². The summed E-state index contributed by atoms with van der Waals surface area (Å²) in [5.41, 5.74) is 3.14. The lowest BCUT2D eigenvalue weighted by molar-refractivity contribution is -0.147. The van der Waals surface area contributed by atoms with Gasteiger partial charge in [0.2, 0.25) is 0 Å². The van der Waals surface area contributed by atoms with Gasteiger partial charge in [0.25, 0.3) is 5.91 Å². The summed E-state index contributed by atoms with van der Waals surface area (Å²) in [6, 6.07) is 7.92. The first-order valence-corrected chi connectivity index (χ1v) is 13.7. The molecule has 0 bridgehead atoms. The number of fused-ring (bicyclic) bond motifs is 1. The lowest BCUT2D eigenvalue weighted by Crippen LogP contribution is -2.41. The molecule has 3 aliphatic rings. The number of carbonyl (C=O) groups is 2. The molecule has 0 saturated carbocycles. The summed E-state index contributed by atoms with van der Waals surface area (Å²) in [5.74, 6) is -0.373. The molecular weight excluding hydrogens is 483 g/mol. The van der Waals surface area contributed by atoms with Crippen molar-refractivity contribution in [3.63, 3.8) is 0 Å². The molecule has 38 heavy (non-hydrogen) atoms. The summed E-state index contributed by atoms with van der Waals surface area (Å²) < 4.78 is 19.4. The Hall–Kier alpha value is -2.69. The van der Waals surface area contributed by atoms with Gasteiger partial charge in [0, 0.05) is 12.2 Å². The van der Waals surface area contributed by atoms with Gasteiger partial charge in [0.15, 0.2) is 5.69 Å². The highest BCUT2D eigenvalue weighted by Crippen LogP contribution is 2.37. The molecule has 0 spiro atoms. The molecule has 3 aliphatic heterocycles. The van der Waals surface area contributed by atoms with Crippen LogP contribution in [0.5, 0.6) is 0 Å². The number of nitrogens with one attached hydrogen (secondary N) is 1. The van der Waals surface area contributed by atoms with Crippen LogP contribution >= 0.6 is 0 Å². The molecular formula is C28H39BN4O5. The second-order valence-electron chi connectivity index (χ2n) is 11.7. The zero-order chi connectivity index (χ0) is 27.2. The van der Waals surface area contributed by atoms with Crippen molar-refractivity contribution in [2.45, 2.75) is 84.1 Å². The lowest BCUT2D eigenvalue weighted by atomic mass is 9.76. The van der Waals surface area contributed by atoms with Gasteiger partial charge in [-0.2, -0.15) is 5.10 Å². The van der Waals surface area contributed by atoms with Crippen molar-refractivity contribution in [3.05, 3.63) is 41.2 Å². The van der Waals surface area contributed by atoms with Crippen LogP contribution in [0.15, 0.2) is 24.3 Å². The van der Waals surface area contributed by atoms with Crippen LogP contribution in [0.1, 0.15) is 81.2 Å². The predicted octanol–water partition coefficient (Wildman–Crippen LogP) is 3.46. The van der Waals surface area contributed by atoms with E-state index in [1.165, 1.54) is 7.11 Å². The fourth-order valence-electron chi connectivity index (χ4n) is 5.76. The lowest BCUT2D eigenvalue weighted by Gasteiger charge is -2.38. The summed E-state index contributed by atoms with van der Waals surface area (Å²) in [6.45, 7) is 12.6. The maximum Gasteiger partial charge on any atom is 0.495 e. The summed E-state index contributed by atoms with van der Waals surface area (Å²) in [7, 11) is 0.956. The van der Waals surface area contributed by atoms with E-state index in [2.05, 4.69) is 15.3 Å². The Morgan fingerprint density at radius 3 is 2.42 bits per heavy atom. The van der Waals surface area contributed by atoms with E-state index in [9.17, 15) is 9.59 Å². The van der Waals surface area contributed by atoms with Crippen molar-refractivity contribution in [3.8, 4) is 0 Å². The minimum Gasteiger partial charge on any atom is -0.469 e. The van der Waals surface area contributed by atoms with E-state index in [1.807, 2.05) is 63.6 Å². The molecule has 1 aromatic carbocycles. The van der Waals surface area contributed by atoms with Crippen LogP contribution in [0.2, 0.25) is 0 Å². The third kappa shape index (κ3) is 4.89. The average Bonchev–Trinajstić information content (AvgIpc) is 3.42. The van der Waals surface area contributed by atoms with Gasteiger partial charge < -0.3 is 19.4 Å². The number of piperidine rings is 1. The number of hydrogen-bond donors (Lipinski definition) is 1. The zero-order valence-electron chi connectivity index (χ0n) is 23.4. The van der Waals surface area contributed by atoms with Crippen LogP contribution in [0.4, 0.5) is 5.69 Å². The molecule has 1 aromatic heterocycles. The van der Waals surface area contributed by atoms with E-state index in [4.69, 9.17) is 14.0 Å². The van der Waals surface area contributed by atoms with Crippen LogP contribution < -0.4 is 10.8 Å². The Morgan fingerprint density at radius 1 is 1.08 bits per heavy atom. The minimum atomic E-state index is -0.499. The SMILES string of the molecule is COC(=O)C1CCN(C2CCCn3nc(C(=O)Nc4cccc(B5OC(C)(C)C(C)(C)O5)c4C)cc32)CC1. The van der Waals surface area contributed by atoms with Gasteiger partial charge in [-0.3, -0.25) is 19.2 Å². The summed E-state index contributed by atoms with van der Waals surface area (Å²) in [6.07, 6.45) is 3.61. The maximum absolute atomic E-state index is 13.3. The predicted molar refractivity (Wildman–Crippen MR) is 145 cm³/mol. The van der Waals surface area contributed by atoms with Crippen molar-refractivity contribution >= 4 is 30.1 Å². The maximum atomic E-state index is 13.3. The molecule has 0 aliphatic carbocycles. The molecule has 1 N–H and O–H groups in total. The Morgan fingerprint density at radius 2 is 1.76 bits per heavy atom. The van der Waals surface area contributed by atoms with Crippen LogP contribution in [0.3, 0.4) is 0 Å². The van der Waals surface area contributed by atoms with Gasteiger partial charge >= 0.3 is 13.1 Å². The van der Waals surface area contributed by atoms with Crippen LogP contribution in [-0.4, -0.2) is 65.1 Å². The number of likely N-dealkylation sites (tertiary alicyclic amines) is 1. The molecule has 10 heteroatoms. The highest BCUT2D eigenvalue weighted by atomic mass is 16.7. The van der Waals surface area contributed by atoms with Crippen molar-refractivity contribution in [1.29, 1.82) is 0 Å². The number of rotatable bonds is 5. The van der Waals surface area contributed by atoms with E-state index >= 15 is 0 Å². The molecule has 5 rings (SSSR count). The topological polar surface area (TPSA) is 94.9 Å². The molecule has 0 radical (unpaired) electrons. The quantitative estimate of drug-likeness (QED) is 0.475. The highest BCUT2D eigenvalue weighted by molar-refractivity contribution is 6.62. The molecule has 2 fully saturated rings. The van der Waals surface area contributed by atoms with Crippen molar-refractivity contribution < 1.29 is 23.6 Å². The second kappa shape index (κ2) is 10.1. The standard InChI is InChI=1S/C28H39BN4O5/c1-18-20(29-37-27(2,3)28(4,5)38-29)9-7-10-21(18)30-25(34)22-17-24-23(11-8-14-33(24)31-22)32-15-12-19(13-16-32)26(35)36-6/h7,9-10,17,19,23H,8,11-16H2,1-6H3,(H,30,34). The molecule has 2 aromatic rings. The monoisotopic (exact) mass is 522 g/mol. The van der Waals surface area contributed by atoms with Gasteiger partial charge in [0.1, 0.15) is 0 Å². The third-order valence-corrected chi connectivity index (χ3v) is 8.87. The number of esters is 1. The van der Waals surface area contributed by atoms with E-state index in [-0.39, 0.29) is 23.8 Å². The first-order valence-electron chi connectivity index (χ1n) is 13.7. The van der Waals surface area contributed by atoms with Crippen molar-refractivity contribution in [1.82, 2.24) is 14.7 Å². The van der Waals surface area contributed by atoms with Gasteiger partial charge in [-0.15, -0.1) is 0 Å². The number of aryl methyl sites for hydroxylation is 1. The number of nitrogens with zero attached hydrogens (tertiary/aromatic N) is 3. The molecule has 1 amide bonds. The number of ether oxygens (including phenoxy) is 1. The van der Waals surface area contributed by atoms with Crippen LogP contribution in [-0.2, 0) is 25.4 Å². The summed E-state index contributed by atoms with van der Waals surface area (Å²) >= 11 is 0. The Kier molecular flexibility index (Phi) is 7.17. The van der Waals surface area contributed by atoms with Gasteiger partial charge in [-0.1, -0.05) is 12.1 Å². The fraction of sp³-hybridized carbons (Fsp3) is 0.607. The summed E-state index contributed by atoms with van der Waals surface area (Å²) in [4.78, 5) is 27.7. The third-order valence-electron chi connectivity index (χ3n) is 8.87. The Labute approximate surface area is 225 Å². The van der Waals surface area contributed by atoms with Gasteiger partial charge in [0.05, 0.1) is 36.0 Å². The molecule has 204 valence electrons. The number of methoxy groups -OCH3 is 1. The van der Waals surface area contributed by atoms with Crippen LogP contribution in [0.25, 0.3) is 0 Å². The van der Waals surface area contributed by atoms with Gasteiger partial charge in [-0.25, -0.2) is 0 Å². The molecule has 2 saturated heterocycles. The van der Waals surface area contributed by atoms with Gasteiger partial charge in [-0.05, 0) is 96.6 Å². The molecule has 1 unspecified atom stereocenters. The number of aromatic nitrogens is 2. The van der Waals surface area contributed by atoms with Crippen LogP contribution in [0, 0.1) is 12.8 Å². The normalized spacial score (nSPS) is 23.2. The van der Waals surface area contributed by atoms with E-state index in [0.29, 0.717) is 5.69 Å². The average molecular weight is 522 g/mol. The Bertz CT molecular complexity index is 1200. The van der Waals surface area contributed by atoms with E-state index < -0.39 is 18.3 Å². The fourth-order valence-corrected chi connectivity index (χ4v) is 5.76. The number of amides is 1. The first kappa shape index (κ1) is 26.9. The Balaban J connectivity index is 1.30. The molecule has 4 heterocycles. The van der Waals surface area contributed by atoms with E-state index in [1.54, 1.807) is 0 Å². The number of anilines is 1. The number of carbonyl (C=O) groups excluding carboxylic acids is 2. The first-order chi connectivity index (χ1) is 18.0. The molecule has 1 atom stereocenters. The van der Waals surface area contributed by atoms with Crippen molar-refractivity contribution in [2.75, 3.05) is 25.5 Å². The largest absolute Gasteiger partial charge is 0.495 e. The number of hydrogen-bond acceptors (Lipinski definition) is 7. The highest BCUT2D eigenvalue weighted by Gasteiger charge is 2.52. The number of benzene rings is 1. The van der Waals surface area contributed by atoms with E-state index in [0.717, 1.165) is 67.7 Å². The smallest absolute Gasteiger partial charge is 0.469 e. The second-order valence-corrected chi connectivity index (χ2v) is 11.7. The zero-order valence-corrected chi connectivity index (χ0v) is 23.4. The molecule has 9 nitrogen and oxygen atoms in total.